The summed E-state index contributed by atoms with van der Waals surface area (Å²) < 4.78 is 0. The fourth-order valence-electron chi connectivity index (χ4n) is 5.38. The summed E-state index contributed by atoms with van der Waals surface area (Å²) in [6.07, 6.45) is 6.75. The summed E-state index contributed by atoms with van der Waals surface area (Å²) in [5.74, 6) is 0.816. The molecule has 0 bridgehead atoms. The van der Waals surface area contributed by atoms with Crippen LogP contribution in [0.3, 0.4) is 0 Å². The first-order valence-corrected chi connectivity index (χ1v) is 9.79. The molecule has 4 heteroatoms. The molecular weight excluding hydrogens is 310 g/mol. The fraction of sp³-hybridized carbons (Fsp3) is 0.667. The first-order chi connectivity index (χ1) is 12.1. The maximum atomic E-state index is 13.2. The van der Waals surface area contributed by atoms with Crippen LogP contribution in [0.15, 0.2) is 24.3 Å². The van der Waals surface area contributed by atoms with Crippen LogP contribution >= 0.6 is 0 Å². The zero-order chi connectivity index (χ0) is 17.5. The number of nitrogens with zero attached hydrogens (tertiary/aromatic N) is 1. The summed E-state index contributed by atoms with van der Waals surface area (Å²) in [5, 5.41) is 6.88. The summed E-state index contributed by atoms with van der Waals surface area (Å²) >= 11 is 0. The number of carbonyl (C=O) groups excluding carboxylic acids is 1. The lowest BCUT2D eigenvalue weighted by atomic mass is 9.67. The Kier molecular flexibility index (Phi) is 4.37. The Morgan fingerprint density at radius 1 is 1.24 bits per heavy atom. The minimum atomic E-state index is -0.156. The van der Waals surface area contributed by atoms with Gasteiger partial charge in [-0.1, -0.05) is 37.1 Å². The lowest BCUT2D eigenvalue weighted by Gasteiger charge is -2.40. The Morgan fingerprint density at radius 2 is 1.96 bits per heavy atom. The van der Waals surface area contributed by atoms with E-state index in [0.717, 1.165) is 38.9 Å². The summed E-state index contributed by atoms with van der Waals surface area (Å²) in [6.45, 7) is 2.61. The van der Waals surface area contributed by atoms with Gasteiger partial charge in [-0.2, -0.15) is 0 Å². The molecule has 0 radical (unpaired) electrons. The lowest BCUT2D eigenvalue weighted by Crippen LogP contribution is -2.57. The molecule has 1 aromatic rings. The van der Waals surface area contributed by atoms with Gasteiger partial charge in [0.05, 0.1) is 5.41 Å². The predicted octanol–water partition coefficient (Wildman–Crippen LogP) is 1.98. The Morgan fingerprint density at radius 3 is 2.64 bits per heavy atom. The van der Waals surface area contributed by atoms with Crippen molar-refractivity contribution in [3.63, 3.8) is 0 Å². The van der Waals surface area contributed by atoms with Crippen LogP contribution in [-0.2, 0) is 17.6 Å². The van der Waals surface area contributed by atoms with E-state index in [1.807, 2.05) is 0 Å². The highest BCUT2D eigenvalue weighted by molar-refractivity contribution is 5.84. The van der Waals surface area contributed by atoms with E-state index in [1.54, 1.807) is 0 Å². The first kappa shape index (κ1) is 17.0. The van der Waals surface area contributed by atoms with Gasteiger partial charge in [0, 0.05) is 18.6 Å². The smallest absolute Gasteiger partial charge is 0.227 e. The van der Waals surface area contributed by atoms with Gasteiger partial charge in [0.1, 0.15) is 0 Å². The van der Waals surface area contributed by atoms with Crippen LogP contribution in [0.5, 0.6) is 0 Å². The molecule has 136 valence electrons. The van der Waals surface area contributed by atoms with E-state index in [-0.39, 0.29) is 11.0 Å². The molecule has 0 spiro atoms. The van der Waals surface area contributed by atoms with Gasteiger partial charge in [-0.05, 0) is 63.4 Å². The average molecular weight is 341 g/mol. The second kappa shape index (κ2) is 6.40. The lowest BCUT2D eigenvalue weighted by molar-refractivity contribution is -0.134. The number of hydrogen-bond acceptors (Lipinski definition) is 3. The molecule has 1 amide bonds. The van der Waals surface area contributed by atoms with Gasteiger partial charge in [0.25, 0.3) is 0 Å². The quantitative estimate of drug-likeness (QED) is 0.880. The molecule has 2 aliphatic carbocycles. The number of likely N-dealkylation sites (N-methyl/N-ethyl adjacent to an activating group) is 1. The molecule has 1 heterocycles. The van der Waals surface area contributed by atoms with Crippen molar-refractivity contribution in [1.29, 1.82) is 0 Å². The maximum Gasteiger partial charge on any atom is 0.227 e. The summed E-state index contributed by atoms with van der Waals surface area (Å²) in [5.41, 5.74) is 2.71. The highest BCUT2D eigenvalue weighted by atomic mass is 16.2. The number of nitrogens with one attached hydrogen (secondary N) is 2. The van der Waals surface area contributed by atoms with Crippen molar-refractivity contribution in [3.05, 3.63) is 35.4 Å². The Balaban J connectivity index is 1.49. The van der Waals surface area contributed by atoms with E-state index in [2.05, 4.69) is 53.9 Å². The van der Waals surface area contributed by atoms with Crippen molar-refractivity contribution >= 4 is 5.91 Å². The van der Waals surface area contributed by atoms with Gasteiger partial charge in [-0.3, -0.25) is 4.79 Å². The van der Waals surface area contributed by atoms with Crippen LogP contribution in [0.4, 0.5) is 0 Å². The van der Waals surface area contributed by atoms with E-state index in [0.29, 0.717) is 11.8 Å². The van der Waals surface area contributed by atoms with Gasteiger partial charge in [-0.25, -0.2) is 0 Å². The number of rotatable bonds is 4. The first-order valence-electron chi connectivity index (χ1n) is 9.79. The third-order valence-corrected chi connectivity index (χ3v) is 7.17. The Hall–Kier alpha value is -1.39. The highest BCUT2D eigenvalue weighted by Gasteiger charge is 2.50. The molecule has 4 nitrogen and oxygen atoms in total. The summed E-state index contributed by atoms with van der Waals surface area (Å²) in [7, 11) is 4.30. The van der Waals surface area contributed by atoms with E-state index < -0.39 is 0 Å². The molecule has 0 aromatic heterocycles. The molecule has 1 aliphatic heterocycles. The molecule has 1 saturated heterocycles. The summed E-state index contributed by atoms with van der Waals surface area (Å²) in [4.78, 5) is 15.5. The molecule has 2 N–H and O–H groups in total. The van der Waals surface area contributed by atoms with Crippen LogP contribution in [0, 0.1) is 11.3 Å². The van der Waals surface area contributed by atoms with Crippen molar-refractivity contribution in [3.8, 4) is 0 Å². The van der Waals surface area contributed by atoms with Gasteiger partial charge in [-0.15, -0.1) is 0 Å². The van der Waals surface area contributed by atoms with Crippen molar-refractivity contribution < 1.29 is 4.79 Å². The second-order valence-electron chi connectivity index (χ2n) is 8.65. The zero-order valence-electron chi connectivity index (χ0n) is 15.6. The predicted molar refractivity (Wildman–Crippen MR) is 101 cm³/mol. The number of benzene rings is 1. The van der Waals surface area contributed by atoms with Crippen molar-refractivity contribution in [2.75, 3.05) is 33.7 Å². The molecule has 3 aliphatic rings. The van der Waals surface area contributed by atoms with Crippen LogP contribution in [0.25, 0.3) is 0 Å². The highest BCUT2D eigenvalue weighted by Crippen LogP contribution is 2.44. The van der Waals surface area contributed by atoms with Crippen molar-refractivity contribution in [2.24, 2.45) is 11.3 Å². The largest absolute Gasteiger partial charge is 0.354 e. The van der Waals surface area contributed by atoms with Gasteiger partial charge < -0.3 is 15.5 Å². The normalized spacial score (nSPS) is 30.1. The third-order valence-electron chi connectivity index (χ3n) is 7.17. The van der Waals surface area contributed by atoms with Crippen LogP contribution in [-0.4, -0.2) is 50.1 Å². The van der Waals surface area contributed by atoms with E-state index in [1.165, 1.54) is 30.4 Å². The number of amides is 1. The maximum absolute atomic E-state index is 13.2. The molecule has 1 aromatic carbocycles. The number of hydrogen-bond donors (Lipinski definition) is 2. The molecule has 1 saturated carbocycles. The standard InChI is InChI=1S/C21H31N3O/c1-24(2)20(11-16-7-3-4-8-17(16)12-20)14-23-19(25)21-10-6-5-9-18(21)13-22-15-21/h3-4,7-8,18,22H,5-6,9-15H2,1-2H3,(H,23,25)/t18-,21+/m0/s1. The Labute approximate surface area is 151 Å². The van der Waals surface area contributed by atoms with E-state index in [9.17, 15) is 4.79 Å². The summed E-state index contributed by atoms with van der Waals surface area (Å²) in [6, 6.07) is 8.72. The number of carbonyl (C=O) groups is 1. The zero-order valence-corrected chi connectivity index (χ0v) is 15.6. The van der Waals surface area contributed by atoms with Crippen molar-refractivity contribution in [1.82, 2.24) is 15.5 Å². The minimum absolute atomic E-state index is 0.00613. The Bertz CT molecular complexity index is 631. The van der Waals surface area contributed by atoms with E-state index in [4.69, 9.17) is 0 Å². The number of fused-ring (bicyclic) bond motifs is 2. The average Bonchev–Trinajstić information content (AvgIpc) is 3.22. The van der Waals surface area contributed by atoms with Gasteiger partial charge >= 0.3 is 0 Å². The van der Waals surface area contributed by atoms with Gasteiger partial charge in [0.2, 0.25) is 5.91 Å². The second-order valence-corrected chi connectivity index (χ2v) is 8.65. The molecule has 4 rings (SSSR count). The van der Waals surface area contributed by atoms with Gasteiger partial charge in [0.15, 0.2) is 0 Å². The molecule has 2 atom stereocenters. The van der Waals surface area contributed by atoms with Crippen LogP contribution in [0.1, 0.15) is 36.8 Å². The molecule has 25 heavy (non-hydrogen) atoms. The topological polar surface area (TPSA) is 44.4 Å². The third kappa shape index (κ3) is 2.80. The molecule has 0 unspecified atom stereocenters. The minimum Gasteiger partial charge on any atom is -0.354 e. The molecule has 2 fully saturated rings. The van der Waals surface area contributed by atoms with Crippen LogP contribution in [0.2, 0.25) is 0 Å². The van der Waals surface area contributed by atoms with Crippen molar-refractivity contribution in [2.45, 2.75) is 44.1 Å². The molecular formula is C21H31N3O. The SMILES string of the molecule is CN(C)C1(CNC(=O)[C@@]23CCCC[C@H]2CNC3)Cc2ccccc2C1. The fourth-order valence-corrected chi connectivity index (χ4v) is 5.38. The van der Waals surface area contributed by atoms with Crippen LogP contribution < -0.4 is 10.6 Å². The monoisotopic (exact) mass is 341 g/mol. The van der Waals surface area contributed by atoms with E-state index >= 15 is 0 Å².